The third-order valence-corrected chi connectivity index (χ3v) is 7.30. The number of aryl methyl sites for hydroxylation is 1. The van der Waals surface area contributed by atoms with Crippen molar-refractivity contribution in [1.82, 2.24) is 0 Å². The van der Waals surface area contributed by atoms with Crippen molar-refractivity contribution < 1.29 is 24.5 Å². The van der Waals surface area contributed by atoms with Crippen molar-refractivity contribution in [2.75, 3.05) is 19.0 Å². The van der Waals surface area contributed by atoms with E-state index in [1.54, 1.807) is 7.11 Å². The zero-order valence-corrected chi connectivity index (χ0v) is 21.0. The van der Waals surface area contributed by atoms with Gasteiger partial charge in [0.25, 0.3) is 5.91 Å². The molecule has 3 rings (SSSR count). The smallest absolute Gasteiger partial charge is 0.252 e. The minimum Gasteiger partial charge on any atom is -0.497 e. The minimum absolute atomic E-state index is 0.000149. The predicted molar refractivity (Wildman–Crippen MR) is 134 cm³/mol. The van der Waals surface area contributed by atoms with Crippen molar-refractivity contribution in [1.29, 1.82) is 0 Å². The van der Waals surface area contributed by atoms with Gasteiger partial charge in [0, 0.05) is 12.3 Å². The van der Waals surface area contributed by atoms with Crippen molar-refractivity contribution >= 4 is 11.6 Å². The van der Waals surface area contributed by atoms with Crippen LogP contribution in [0.25, 0.3) is 0 Å². The van der Waals surface area contributed by atoms with Crippen LogP contribution in [0, 0.1) is 11.8 Å². The molecular formula is C28H39NO5. The van der Waals surface area contributed by atoms with Gasteiger partial charge in [-0.25, -0.2) is 0 Å². The van der Waals surface area contributed by atoms with E-state index < -0.39 is 12.0 Å². The zero-order chi connectivity index (χ0) is 24.9. The van der Waals surface area contributed by atoms with E-state index in [0.717, 1.165) is 18.6 Å². The van der Waals surface area contributed by atoms with Crippen LogP contribution in [0.3, 0.4) is 0 Å². The van der Waals surface area contributed by atoms with E-state index in [1.807, 2.05) is 36.4 Å². The summed E-state index contributed by atoms with van der Waals surface area (Å²) in [4.78, 5) is 11.7. The molecular weight excluding hydrogens is 430 g/mol. The fourth-order valence-corrected chi connectivity index (χ4v) is 5.35. The van der Waals surface area contributed by atoms with E-state index in [0.29, 0.717) is 18.0 Å². The Hall–Kier alpha value is -2.41. The van der Waals surface area contributed by atoms with Crippen molar-refractivity contribution in [3.05, 3.63) is 59.7 Å². The van der Waals surface area contributed by atoms with Crippen molar-refractivity contribution in [3.8, 4) is 5.75 Å². The SMILES string of the molecule is COc1ccc(C(C)(C)[C@H]2[C@H](C)[C@H](CCc3ccc(NC(=O)[C@H](C)O)cc3)O[C@@H]2CCO)cc1. The summed E-state index contributed by atoms with van der Waals surface area (Å²) in [5, 5.41) is 21.8. The lowest BCUT2D eigenvalue weighted by molar-refractivity contribution is -0.123. The van der Waals surface area contributed by atoms with Crippen molar-refractivity contribution in [2.45, 2.75) is 70.7 Å². The maximum absolute atomic E-state index is 11.7. The Morgan fingerprint density at radius 2 is 1.74 bits per heavy atom. The van der Waals surface area contributed by atoms with Crippen LogP contribution < -0.4 is 10.1 Å². The van der Waals surface area contributed by atoms with Gasteiger partial charge in [0.2, 0.25) is 0 Å². The van der Waals surface area contributed by atoms with Crippen LogP contribution in [0.4, 0.5) is 5.69 Å². The van der Waals surface area contributed by atoms with Crippen LogP contribution in [0.2, 0.25) is 0 Å². The second-order valence-corrected chi connectivity index (χ2v) is 9.96. The van der Waals surface area contributed by atoms with E-state index in [4.69, 9.17) is 9.47 Å². The fraction of sp³-hybridized carbons (Fsp3) is 0.536. The molecule has 0 aromatic heterocycles. The molecule has 1 aliphatic rings. The molecule has 2 aromatic carbocycles. The van der Waals surface area contributed by atoms with Gasteiger partial charge in [-0.1, -0.05) is 45.0 Å². The largest absolute Gasteiger partial charge is 0.497 e. The summed E-state index contributed by atoms with van der Waals surface area (Å²) in [5.74, 6) is 1.03. The number of aliphatic hydroxyl groups is 2. The molecule has 0 bridgehead atoms. The first-order chi connectivity index (χ1) is 16.2. The summed E-state index contributed by atoms with van der Waals surface area (Å²) < 4.78 is 11.9. The van der Waals surface area contributed by atoms with Gasteiger partial charge in [-0.2, -0.15) is 0 Å². The monoisotopic (exact) mass is 469 g/mol. The molecule has 1 amide bonds. The molecule has 1 fully saturated rings. The number of hydrogen-bond donors (Lipinski definition) is 3. The molecule has 3 N–H and O–H groups in total. The molecule has 0 saturated carbocycles. The number of nitrogens with one attached hydrogen (secondary N) is 1. The highest BCUT2D eigenvalue weighted by Gasteiger charge is 2.49. The van der Waals surface area contributed by atoms with Gasteiger partial charge in [0.15, 0.2) is 0 Å². The summed E-state index contributed by atoms with van der Waals surface area (Å²) in [6, 6.07) is 16.0. The molecule has 6 nitrogen and oxygen atoms in total. The van der Waals surface area contributed by atoms with Crippen LogP contribution in [-0.2, 0) is 21.4 Å². The van der Waals surface area contributed by atoms with Crippen LogP contribution in [0.1, 0.15) is 51.7 Å². The zero-order valence-electron chi connectivity index (χ0n) is 21.0. The lowest BCUT2D eigenvalue weighted by atomic mass is 9.65. The highest BCUT2D eigenvalue weighted by atomic mass is 16.5. The Morgan fingerprint density at radius 1 is 1.09 bits per heavy atom. The molecule has 5 atom stereocenters. The lowest BCUT2D eigenvalue weighted by Crippen LogP contribution is -2.38. The van der Waals surface area contributed by atoms with Crippen LogP contribution in [0.15, 0.2) is 48.5 Å². The maximum Gasteiger partial charge on any atom is 0.252 e. The van der Waals surface area contributed by atoms with Crippen LogP contribution in [0.5, 0.6) is 5.75 Å². The molecule has 0 radical (unpaired) electrons. The molecule has 1 aliphatic heterocycles. The van der Waals surface area contributed by atoms with Gasteiger partial charge < -0.3 is 25.0 Å². The maximum atomic E-state index is 11.7. The highest BCUT2D eigenvalue weighted by Crippen LogP contribution is 2.47. The predicted octanol–water partition coefficient (Wildman–Crippen LogP) is 4.33. The number of hydrogen-bond acceptors (Lipinski definition) is 5. The average Bonchev–Trinajstić information content (AvgIpc) is 3.14. The molecule has 0 unspecified atom stereocenters. The standard InChI is InChI=1S/C28H39NO5/c1-18-24(15-8-20-6-11-22(12-7-20)29-27(32)19(2)31)34-25(16-17-30)26(18)28(3,4)21-9-13-23(33-5)14-10-21/h6-7,9-14,18-19,24-26,30-31H,8,15-17H2,1-5H3,(H,29,32)/t18-,19+,24+,25-,26+/m1/s1. The Bertz CT molecular complexity index is 923. The van der Waals surface area contributed by atoms with Gasteiger partial charge in [-0.15, -0.1) is 0 Å². The average molecular weight is 470 g/mol. The van der Waals surface area contributed by atoms with Gasteiger partial charge in [0.1, 0.15) is 11.9 Å². The van der Waals surface area contributed by atoms with Gasteiger partial charge >= 0.3 is 0 Å². The molecule has 6 heteroatoms. The summed E-state index contributed by atoms with van der Waals surface area (Å²) in [6.07, 6.45) is 1.44. The Labute approximate surface area is 203 Å². The first kappa shape index (κ1) is 26.2. The van der Waals surface area contributed by atoms with E-state index in [9.17, 15) is 15.0 Å². The quantitative estimate of drug-likeness (QED) is 0.482. The third kappa shape index (κ3) is 5.98. The van der Waals surface area contributed by atoms with Gasteiger partial charge in [0.05, 0.1) is 19.3 Å². The Morgan fingerprint density at radius 3 is 2.29 bits per heavy atom. The van der Waals surface area contributed by atoms with E-state index in [2.05, 4.69) is 38.2 Å². The molecule has 1 heterocycles. The molecule has 0 spiro atoms. The molecule has 1 saturated heterocycles. The normalized spacial score (nSPS) is 23.5. The molecule has 186 valence electrons. The summed E-state index contributed by atoms with van der Waals surface area (Å²) >= 11 is 0. The highest BCUT2D eigenvalue weighted by molar-refractivity contribution is 5.93. The number of carbonyl (C=O) groups excluding carboxylic acids is 1. The number of carbonyl (C=O) groups is 1. The van der Waals surface area contributed by atoms with E-state index in [1.165, 1.54) is 18.1 Å². The number of amides is 1. The van der Waals surface area contributed by atoms with Gasteiger partial charge in [-0.05, 0) is 78.8 Å². The number of methoxy groups -OCH3 is 1. The topological polar surface area (TPSA) is 88.0 Å². The van der Waals surface area contributed by atoms with E-state index in [-0.39, 0.29) is 30.1 Å². The minimum atomic E-state index is -1.04. The molecule has 34 heavy (non-hydrogen) atoms. The lowest BCUT2D eigenvalue weighted by Gasteiger charge is -2.38. The number of rotatable bonds is 10. The van der Waals surface area contributed by atoms with Crippen LogP contribution >= 0.6 is 0 Å². The Kier molecular flexibility index (Phi) is 8.74. The number of anilines is 1. The fourth-order valence-electron chi connectivity index (χ4n) is 5.35. The number of benzene rings is 2. The molecule has 2 aromatic rings. The van der Waals surface area contributed by atoms with Crippen LogP contribution in [-0.4, -0.2) is 48.1 Å². The number of ether oxygens (including phenoxy) is 2. The third-order valence-electron chi connectivity index (χ3n) is 7.30. The Balaban J connectivity index is 1.68. The summed E-state index contributed by atoms with van der Waals surface area (Å²) in [6.45, 7) is 8.37. The summed E-state index contributed by atoms with van der Waals surface area (Å²) in [5.41, 5.74) is 2.96. The molecule has 0 aliphatic carbocycles. The first-order valence-electron chi connectivity index (χ1n) is 12.2. The van der Waals surface area contributed by atoms with Gasteiger partial charge in [-0.3, -0.25) is 4.79 Å². The first-order valence-corrected chi connectivity index (χ1v) is 12.2. The summed E-state index contributed by atoms with van der Waals surface area (Å²) in [7, 11) is 1.67. The van der Waals surface area contributed by atoms with Crippen molar-refractivity contribution in [2.24, 2.45) is 11.8 Å². The van der Waals surface area contributed by atoms with Crippen molar-refractivity contribution in [3.63, 3.8) is 0 Å². The van der Waals surface area contributed by atoms with E-state index >= 15 is 0 Å². The second kappa shape index (κ2) is 11.3. The number of aliphatic hydroxyl groups excluding tert-OH is 2. The second-order valence-electron chi connectivity index (χ2n) is 9.96.